The fourth-order valence-corrected chi connectivity index (χ4v) is 1.11. The average molecular weight is 206 g/mol. The highest BCUT2D eigenvalue weighted by atomic mass is 19.4. The summed E-state index contributed by atoms with van der Waals surface area (Å²) in [6, 6.07) is 0.962. The Labute approximate surface area is 78.5 Å². The molecule has 0 saturated heterocycles. The summed E-state index contributed by atoms with van der Waals surface area (Å²) in [6.07, 6.45) is -3.51. The zero-order chi connectivity index (χ0) is 10.8. The Balaban J connectivity index is 3.06. The van der Waals surface area contributed by atoms with Crippen LogP contribution in [0.3, 0.4) is 0 Å². The van der Waals surface area contributed by atoms with Crippen molar-refractivity contribution < 1.29 is 18.0 Å². The largest absolute Gasteiger partial charge is 0.435 e. The number of carbonyl (C=O) groups excluding carboxylic acids is 1. The van der Waals surface area contributed by atoms with Crippen molar-refractivity contribution in [1.82, 2.24) is 9.78 Å². The lowest BCUT2D eigenvalue weighted by atomic mass is 10.3. The number of nitrogens with zero attached hydrogens (tertiary/aromatic N) is 2. The molecule has 0 fully saturated rings. The summed E-state index contributed by atoms with van der Waals surface area (Å²) >= 11 is 0. The molecule has 0 radical (unpaired) electrons. The lowest BCUT2D eigenvalue weighted by Crippen LogP contribution is -2.09. The molecule has 0 aromatic carbocycles. The van der Waals surface area contributed by atoms with Gasteiger partial charge < -0.3 is 4.79 Å². The molecule has 1 rings (SSSR count). The van der Waals surface area contributed by atoms with Gasteiger partial charge in [-0.15, -0.1) is 0 Å². The molecule has 0 aliphatic heterocycles. The van der Waals surface area contributed by atoms with E-state index in [1.165, 1.54) is 0 Å². The second-order valence-electron chi connectivity index (χ2n) is 2.72. The number of halogens is 3. The molecule has 0 atom stereocenters. The maximum absolute atomic E-state index is 12.2. The van der Waals surface area contributed by atoms with Crippen molar-refractivity contribution in [3.63, 3.8) is 0 Å². The van der Waals surface area contributed by atoms with Crippen LogP contribution in [0.1, 0.15) is 18.3 Å². The molecule has 0 saturated carbocycles. The van der Waals surface area contributed by atoms with Crippen molar-refractivity contribution in [2.75, 3.05) is 0 Å². The van der Waals surface area contributed by atoms with Gasteiger partial charge in [-0.2, -0.15) is 18.3 Å². The number of hydrogen-bond donors (Lipinski definition) is 0. The number of aromatic nitrogens is 2. The Morgan fingerprint density at radius 3 is 2.64 bits per heavy atom. The van der Waals surface area contributed by atoms with E-state index in [-0.39, 0.29) is 6.54 Å². The van der Waals surface area contributed by atoms with Gasteiger partial charge in [0.25, 0.3) is 0 Å². The minimum Gasteiger partial charge on any atom is -0.301 e. The molecule has 3 nitrogen and oxygen atoms in total. The first-order chi connectivity index (χ1) is 6.49. The zero-order valence-electron chi connectivity index (χ0n) is 7.51. The summed E-state index contributed by atoms with van der Waals surface area (Å²) in [4.78, 5) is 10.2. The smallest absolute Gasteiger partial charge is 0.301 e. The summed E-state index contributed by atoms with van der Waals surface area (Å²) in [5.74, 6) is 0. The number of aryl methyl sites for hydroxylation is 1. The van der Waals surface area contributed by atoms with Gasteiger partial charge in [-0.25, -0.2) is 0 Å². The Morgan fingerprint density at radius 2 is 2.21 bits per heavy atom. The van der Waals surface area contributed by atoms with Gasteiger partial charge in [0.15, 0.2) is 5.69 Å². The third-order valence-electron chi connectivity index (χ3n) is 1.76. The van der Waals surface area contributed by atoms with Gasteiger partial charge >= 0.3 is 6.18 Å². The summed E-state index contributed by atoms with van der Waals surface area (Å²) in [6.45, 7) is 1.57. The quantitative estimate of drug-likeness (QED) is 0.705. The highest BCUT2D eigenvalue weighted by Crippen LogP contribution is 2.28. The Morgan fingerprint density at radius 1 is 1.57 bits per heavy atom. The van der Waals surface area contributed by atoms with Gasteiger partial charge in [0.1, 0.15) is 6.29 Å². The number of alkyl halides is 3. The summed E-state index contributed by atoms with van der Waals surface area (Å²) in [7, 11) is 0. The van der Waals surface area contributed by atoms with Crippen LogP contribution in [0, 0.1) is 0 Å². The van der Waals surface area contributed by atoms with Crippen LogP contribution in [0.2, 0.25) is 0 Å². The third kappa shape index (κ3) is 2.12. The first-order valence-electron chi connectivity index (χ1n) is 4.06. The van der Waals surface area contributed by atoms with Gasteiger partial charge in [0.05, 0.1) is 6.54 Å². The fourth-order valence-electron chi connectivity index (χ4n) is 1.11. The van der Waals surface area contributed by atoms with Gasteiger partial charge in [-0.1, -0.05) is 6.92 Å². The monoisotopic (exact) mass is 206 g/mol. The van der Waals surface area contributed by atoms with E-state index in [1.54, 1.807) is 6.92 Å². The highest BCUT2D eigenvalue weighted by Gasteiger charge is 2.34. The summed E-state index contributed by atoms with van der Waals surface area (Å²) in [5.41, 5.74) is -0.541. The average Bonchev–Trinajstić information content (AvgIpc) is 2.47. The van der Waals surface area contributed by atoms with Crippen LogP contribution in [-0.4, -0.2) is 16.1 Å². The number of aldehydes is 1. The van der Waals surface area contributed by atoms with Crippen LogP contribution >= 0.6 is 0 Å². The van der Waals surface area contributed by atoms with E-state index in [0.29, 0.717) is 18.4 Å². The molecule has 0 bridgehead atoms. The summed E-state index contributed by atoms with van der Waals surface area (Å²) in [5, 5.41) is 3.30. The van der Waals surface area contributed by atoms with E-state index in [2.05, 4.69) is 5.10 Å². The normalized spacial score (nSPS) is 11.7. The molecule has 78 valence electrons. The molecule has 0 amide bonds. The predicted molar refractivity (Wildman–Crippen MR) is 42.7 cm³/mol. The second-order valence-corrected chi connectivity index (χ2v) is 2.72. The SMILES string of the molecule is CCc1cc(C(F)(F)F)nn1CC=O. The van der Waals surface area contributed by atoms with Gasteiger partial charge in [0.2, 0.25) is 0 Å². The van der Waals surface area contributed by atoms with Gasteiger partial charge in [0, 0.05) is 5.69 Å². The van der Waals surface area contributed by atoms with Crippen LogP contribution in [0.5, 0.6) is 0 Å². The summed E-state index contributed by atoms with van der Waals surface area (Å²) < 4.78 is 37.6. The number of carbonyl (C=O) groups is 1. The first kappa shape index (κ1) is 10.7. The maximum Gasteiger partial charge on any atom is 0.435 e. The van der Waals surface area contributed by atoms with E-state index < -0.39 is 11.9 Å². The topological polar surface area (TPSA) is 34.9 Å². The van der Waals surface area contributed by atoms with Crippen molar-refractivity contribution >= 4 is 6.29 Å². The van der Waals surface area contributed by atoms with Gasteiger partial charge in [-0.3, -0.25) is 4.68 Å². The highest BCUT2D eigenvalue weighted by molar-refractivity contribution is 5.49. The molecule has 0 aliphatic rings. The lowest BCUT2D eigenvalue weighted by Gasteiger charge is -2.00. The van der Waals surface area contributed by atoms with Crippen LogP contribution in [-0.2, 0) is 23.9 Å². The second kappa shape index (κ2) is 3.81. The van der Waals surface area contributed by atoms with Crippen molar-refractivity contribution in [1.29, 1.82) is 0 Å². The van der Waals surface area contributed by atoms with E-state index in [1.807, 2.05) is 0 Å². The molecule has 1 aromatic rings. The van der Waals surface area contributed by atoms with Crippen LogP contribution < -0.4 is 0 Å². The standard InChI is InChI=1S/C8H9F3N2O/c1-2-6-5-7(8(9,10)11)12-13(6)3-4-14/h4-5H,2-3H2,1H3. The minimum absolute atomic E-state index is 0.140. The van der Waals surface area contributed by atoms with Gasteiger partial charge in [-0.05, 0) is 12.5 Å². The van der Waals surface area contributed by atoms with Crippen molar-refractivity contribution in [2.24, 2.45) is 0 Å². The fraction of sp³-hybridized carbons (Fsp3) is 0.500. The third-order valence-corrected chi connectivity index (χ3v) is 1.76. The molecule has 14 heavy (non-hydrogen) atoms. The molecular weight excluding hydrogens is 197 g/mol. The number of rotatable bonds is 3. The Kier molecular flexibility index (Phi) is 2.93. The minimum atomic E-state index is -4.45. The van der Waals surface area contributed by atoms with Crippen molar-refractivity contribution in [3.05, 3.63) is 17.5 Å². The Bertz CT molecular complexity index is 330. The van der Waals surface area contributed by atoms with E-state index in [4.69, 9.17) is 0 Å². The van der Waals surface area contributed by atoms with Crippen LogP contribution in [0.25, 0.3) is 0 Å². The lowest BCUT2D eigenvalue weighted by molar-refractivity contribution is -0.141. The molecule has 0 aliphatic carbocycles. The molecular formula is C8H9F3N2O. The van der Waals surface area contributed by atoms with E-state index in [0.717, 1.165) is 10.7 Å². The zero-order valence-corrected chi connectivity index (χ0v) is 7.51. The number of hydrogen-bond acceptors (Lipinski definition) is 2. The van der Waals surface area contributed by atoms with Crippen molar-refractivity contribution in [2.45, 2.75) is 26.1 Å². The Hall–Kier alpha value is -1.33. The molecule has 0 spiro atoms. The molecule has 0 N–H and O–H groups in total. The van der Waals surface area contributed by atoms with E-state index in [9.17, 15) is 18.0 Å². The maximum atomic E-state index is 12.2. The molecule has 1 aromatic heterocycles. The van der Waals surface area contributed by atoms with Crippen LogP contribution in [0.4, 0.5) is 13.2 Å². The molecule has 0 unspecified atom stereocenters. The van der Waals surface area contributed by atoms with Crippen molar-refractivity contribution in [3.8, 4) is 0 Å². The first-order valence-corrected chi connectivity index (χ1v) is 4.06. The predicted octanol–water partition coefficient (Wildman–Crippen LogP) is 1.66. The van der Waals surface area contributed by atoms with E-state index >= 15 is 0 Å². The van der Waals surface area contributed by atoms with Crippen LogP contribution in [0.15, 0.2) is 6.07 Å². The molecule has 1 heterocycles. The molecule has 6 heteroatoms.